The SMILES string of the molecule is CC(C)N1C(N)=NCC1c1ccc(F)cc1C(F)(F)F. The summed E-state index contributed by atoms with van der Waals surface area (Å²) in [6.45, 7) is 3.77. The largest absolute Gasteiger partial charge is 0.416 e. The average molecular weight is 289 g/mol. The Morgan fingerprint density at radius 2 is 2.00 bits per heavy atom. The lowest BCUT2D eigenvalue weighted by atomic mass is 9.98. The zero-order valence-corrected chi connectivity index (χ0v) is 11.1. The van der Waals surface area contributed by atoms with Gasteiger partial charge in [-0.15, -0.1) is 0 Å². The van der Waals surface area contributed by atoms with Crippen LogP contribution in [0.3, 0.4) is 0 Å². The maximum Gasteiger partial charge on any atom is 0.416 e. The molecule has 1 unspecified atom stereocenters. The molecule has 3 nitrogen and oxygen atoms in total. The number of alkyl halides is 3. The molecule has 110 valence electrons. The molecule has 0 saturated carbocycles. The van der Waals surface area contributed by atoms with E-state index in [9.17, 15) is 17.6 Å². The Morgan fingerprint density at radius 3 is 2.55 bits per heavy atom. The van der Waals surface area contributed by atoms with E-state index in [0.717, 1.165) is 12.1 Å². The van der Waals surface area contributed by atoms with Gasteiger partial charge in [-0.3, -0.25) is 4.99 Å². The molecule has 7 heteroatoms. The predicted octanol–water partition coefficient (Wildman–Crippen LogP) is 2.92. The predicted molar refractivity (Wildman–Crippen MR) is 67.6 cm³/mol. The van der Waals surface area contributed by atoms with Crippen molar-refractivity contribution >= 4 is 5.96 Å². The van der Waals surface area contributed by atoms with Crippen molar-refractivity contribution < 1.29 is 17.6 Å². The molecule has 0 spiro atoms. The maximum absolute atomic E-state index is 13.1. The fraction of sp³-hybridized carbons (Fsp3) is 0.462. The minimum Gasteiger partial charge on any atom is -0.370 e. The first-order valence-electron chi connectivity index (χ1n) is 6.16. The summed E-state index contributed by atoms with van der Waals surface area (Å²) in [4.78, 5) is 5.62. The van der Waals surface area contributed by atoms with Gasteiger partial charge in [-0.25, -0.2) is 4.39 Å². The van der Waals surface area contributed by atoms with Gasteiger partial charge in [0.1, 0.15) is 5.82 Å². The van der Waals surface area contributed by atoms with Crippen molar-refractivity contribution in [2.45, 2.75) is 32.1 Å². The van der Waals surface area contributed by atoms with Crippen LogP contribution in [0.1, 0.15) is 31.0 Å². The van der Waals surface area contributed by atoms with Gasteiger partial charge >= 0.3 is 6.18 Å². The first-order chi connectivity index (χ1) is 9.21. The van der Waals surface area contributed by atoms with Gasteiger partial charge in [0.15, 0.2) is 5.96 Å². The van der Waals surface area contributed by atoms with E-state index in [1.807, 2.05) is 13.8 Å². The Bertz CT molecular complexity index is 537. The van der Waals surface area contributed by atoms with Gasteiger partial charge in [-0.1, -0.05) is 6.07 Å². The van der Waals surface area contributed by atoms with Gasteiger partial charge in [0.05, 0.1) is 18.2 Å². The number of benzene rings is 1. The van der Waals surface area contributed by atoms with Crippen LogP contribution in [0.5, 0.6) is 0 Å². The molecule has 0 aromatic heterocycles. The Balaban J connectivity index is 2.48. The van der Waals surface area contributed by atoms with Crippen LogP contribution in [-0.4, -0.2) is 23.4 Å². The summed E-state index contributed by atoms with van der Waals surface area (Å²) in [5.41, 5.74) is 4.74. The molecule has 2 N–H and O–H groups in total. The lowest BCUT2D eigenvalue weighted by molar-refractivity contribution is -0.138. The number of guanidine groups is 1. The second-order valence-corrected chi connectivity index (χ2v) is 4.95. The molecule has 1 aromatic carbocycles. The minimum absolute atomic E-state index is 0.00296. The van der Waals surface area contributed by atoms with Crippen molar-refractivity contribution in [1.82, 2.24) is 4.90 Å². The molecular weight excluding hydrogens is 274 g/mol. The highest BCUT2D eigenvalue weighted by molar-refractivity contribution is 5.80. The molecule has 0 bridgehead atoms. The molecule has 1 aromatic rings. The highest BCUT2D eigenvalue weighted by Gasteiger charge is 2.39. The smallest absolute Gasteiger partial charge is 0.370 e. The Kier molecular flexibility index (Phi) is 3.62. The van der Waals surface area contributed by atoms with Crippen LogP contribution in [0.15, 0.2) is 23.2 Å². The zero-order chi connectivity index (χ0) is 15.1. The van der Waals surface area contributed by atoms with Gasteiger partial charge in [0.25, 0.3) is 0 Å². The third-order valence-corrected chi connectivity index (χ3v) is 3.26. The molecule has 0 saturated heterocycles. The van der Waals surface area contributed by atoms with Crippen LogP contribution in [0.2, 0.25) is 0 Å². The summed E-state index contributed by atoms with van der Waals surface area (Å²) in [5.74, 6) is -0.702. The molecule has 20 heavy (non-hydrogen) atoms. The molecule has 1 heterocycles. The van der Waals surface area contributed by atoms with Crippen molar-refractivity contribution in [3.8, 4) is 0 Å². The highest BCUT2D eigenvalue weighted by atomic mass is 19.4. The Hall–Kier alpha value is -1.79. The van der Waals surface area contributed by atoms with Crippen molar-refractivity contribution in [1.29, 1.82) is 0 Å². The maximum atomic E-state index is 13.1. The lowest BCUT2D eigenvalue weighted by Crippen LogP contribution is -2.41. The number of nitrogens with zero attached hydrogens (tertiary/aromatic N) is 2. The molecule has 1 aliphatic heterocycles. The number of aliphatic imine (C=N–C) groups is 1. The Labute approximate surface area is 114 Å². The van der Waals surface area contributed by atoms with Gasteiger partial charge in [-0.05, 0) is 31.5 Å². The fourth-order valence-electron chi connectivity index (χ4n) is 2.45. The zero-order valence-electron chi connectivity index (χ0n) is 11.1. The summed E-state index contributed by atoms with van der Waals surface area (Å²) in [5, 5.41) is 0. The minimum atomic E-state index is -4.61. The number of hydrogen-bond acceptors (Lipinski definition) is 3. The topological polar surface area (TPSA) is 41.6 Å². The van der Waals surface area contributed by atoms with E-state index in [1.165, 1.54) is 0 Å². The molecule has 0 amide bonds. The summed E-state index contributed by atoms with van der Waals surface area (Å²) in [6.07, 6.45) is -4.61. The quantitative estimate of drug-likeness (QED) is 0.851. The van der Waals surface area contributed by atoms with Crippen LogP contribution >= 0.6 is 0 Å². The fourth-order valence-corrected chi connectivity index (χ4v) is 2.45. The van der Waals surface area contributed by atoms with Crippen molar-refractivity contribution in [2.75, 3.05) is 6.54 Å². The van der Waals surface area contributed by atoms with Crippen LogP contribution in [0.25, 0.3) is 0 Å². The first kappa shape index (κ1) is 14.6. The summed E-state index contributed by atoms with van der Waals surface area (Å²) >= 11 is 0. The van der Waals surface area contributed by atoms with Crippen molar-refractivity contribution in [3.05, 3.63) is 35.1 Å². The van der Waals surface area contributed by atoms with Gasteiger partial charge in [0, 0.05) is 6.04 Å². The van der Waals surface area contributed by atoms with E-state index in [4.69, 9.17) is 5.73 Å². The summed E-state index contributed by atoms with van der Waals surface area (Å²) in [7, 11) is 0. The van der Waals surface area contributed by atoms with Gasteiger partial charge < -0.3 is 10.6 Å². The van der Waals surface area contributed by atoms with Gasteiger partial charge in [0.2, 0.25) is 0 Å². The van der Waals surface area contributed by atoms with E-state index >= 15 is 0 Å². The molecule has 1 aliphatic rings. The number of hydrogen-bond donors (Lipinski definition) is 1. The monoisotopic (exact) mass is 289 g/mol. The molecule has 0 aliphatic carbocycles. The van der Waals surface area contributed by atoms with E-state index < -0.39 is 23.6 Å². The van der Waals surface area contributed by atoms with E-state index in [1.54, 1.807) is 4.90 Å². The first-order valence-corrected chi connectivity index (χ1v) is 6.16. The Morgan fingerprint density at radius 1 is 1.35 bits per heavy atom. The number of rotatable bonds is 2. The van der Waals surface area contributed by atoms with Crippen LogP contribution in [0, 0.1) is 5.82 Å². The highest BCUT2D eigenvalue weighted by Crippen LogP contribution is 2.38. The number of nitrogens with two attached hydrogens (primary N) is 1. The molecule has 1 atom stereocenters. The van der Waals surface area contributed by atoms with Crippen molar-refractivity contribution in [2.24, 2.45) is 10.7 Å². The summed E-state index contributed by atoms with van der Waals surface area (Å²) in [6, 6.07) is 1.98. The molecular formula is C13H15F4N3. The second kappa shape index (κ2) is 4.96. The van der Waals surface area contributed by atoms with E-state index in [-0.39, 0.29) is 24.1 Å². The summed E-state index contributed by atoms with van der Waals surface area (Å²) < 4.78 is 52.3. The standard InChI is InChI=1S/C13H15F4N3/c1-7(2)20-11(6-19-12(20)18)9-4-3-8(14)5-10(9)13(15,16)17/h3-5,7,11H,6H2,1-2H3,(H2,18,19). The second-order valence-electron chi connectivity index (χ2n) is 4.95. The lowest BCUT2D eigenvalue weighted by Gasteiger charge is -2.31. The average Bonchev–Trinajstić information content (AvgIpc) is 2.70. The van der Waals surface area contributed by atoms with Crippen LogP contribution in [0.4, 0.5) is 17.6 Å². The van der Waals surface area contributed by atoms with E-state index in [0.29, 0.717) is 6.07 Å². The molecule has 0 fully saturated rings. The third-order valence-electron chi connectivity index (χ3n) is 3.26. The van der Waals surface area contributed by atoms with Crippen LogP contribution < -0.4 is 5.73 Å². The van der Waals surface area contributed by atoms with E-state index in [2.05, 4.69) is 4.99 Å². The normalized spacial score (nSPS) is 19.6. The number of halogens is 4. The van der Waals surface area contributed by atoms with Gasteiger partial charge in [-0.2, -0.15) is 13.2 Å². The van der Waals surface area contributed by atoms with Crippen LogP contribution in [-0.2, 0) is 6.18 Å². The van der Waals surface area contributed by atoms with Crippen molar-refractivity contribution in [3.63, 3.8) is 0 Å². The molecule has 2 rings (SSSR count). The third kappa shape index (κ3) is 2.57. The molecule has 0 radical (unpaired) electrons.